The Morgan fingerprint density at radius 3 is 2.52 bits per heavy atom. The zero-order chi connectivity index (χ0) is 20.0. The minimum atomic E-state index is -2.96. The van der Waals surface area contributed by atoms with Crippen LogP contribution in [0.1, 0.15) is 51.9 Å². The van der Waals surface area contributed by atoms with Gasteiger partial charge in [-0.1, -0.05) is 0 Å². The van der Waals surface area contributed by atoms with Gasteiger partial charge < -0.3 is 19.7 Å². The Morgan fingerprint density at radius 2 is 1.97 bits per heavy atom. The molecule has 0 aromatic rings. The Balaban J connectivity index is 0.00000300. The highest BCUT2D eigenvalue weighted by Crippen LogP contribution is 2.47. The van der Waals surface area contributed by atoms with Crippen LogP contribution < -0.4 is 5.32 Å². The average Bonchev–Trinajstić information content (AvgIpc) is 3.42. The number of ether oxygens (including phenoxy) is 2. The zero-order valence-electron chi connectivity index (χ0n) is 17.9. The predicted octanol–water partition coefficient (Wildman–Crippen LogP) is 2.44. The second kappa shape index (κ2) is 11.5. The molecule has 0 aromatic carbocycles. The fraction of sp³-hybridized carbons (Fsp3) is 0.950. The average molecular weight is 544 g/mol. The van der Waals surface area contributed by atoms with Gasteiger partial charge in [-0.05, 0) is 51.9 Å². The molecular weight excluding hydrogens is 505 g/mol. The topological polar surface area (TPSA) is 80.2 Å². The normalized spacial score (nSPS) is 25.4. The molecule has 29 heavy (non-hydrogen) atoms. The summed E-state index contributed by atoms with van der Waals surface area (Å²) in [4.78, 5) is 7.09. The molecule has 0 spiro atoms. The van der Waals surface area contributed by atoms with Crippen LogP contribution in [0.25, 0.3) is 0 Å². The van der Waals surface area contributed by atoms with Crippen molar-refractivity contribution >= 4 is 39.8 Å². The molecule has 2 heterocycles. The van der Waals surface area contributed by atoms with Gasteiger partial charge in [0.1, 0.15) is 9.84 Å². The lowest BCUT2D eigenvalue weighted by Crippen LogP contribution is -2.47. The van der Waals surface area contributed by atoms with Crippen molar-refractivity contribution in [3.63, 3.8) is 0 Å². The number of rotatable bonds is 8. The van der Waals surface area contributed by atoms with Crippen LogP contribution >= 0.6 is 24.0 Å². The summed E-state index contributed by atoms with van der Waals surface area (Å²) in [7, 11) is -2.96. The van der Waals surface area contributed by atoms with E-state index in [1.165, 1.54) is 19.1 Å². The van der Waals surface area contributed by atoms with E-state index in [9.17, 15) is 8.42 Å². The molecule has 1 unspecified atom stereocenters. The summed E-state index contributed by atoms with van der Waals surface area (Å²) in [6, 6.07) is 0. The molecule has 9 heteroatoms. The molecule has 0 bridgehead atoms. The molecule has 3 aliphatic rings. The number of piperidine rings is 1. The van der Waals surface area contributed by atoms with E-state index in [1.54, 1.807) is 0 Å². The van der Waals surface area contributed by atoms with E-state index < -0.39 is 9.84 Å². The Hall–Kier alpha value is -0.130. The number of nitrogens with one attached hydrogen (secondary N) is 1. The highest BCUT2D eigenvalue weighted by Gasteiger charge is 2.45. The lowest BCUT2D eigenvalue weighted by atomic mass is 10.1. The summed E-state index contributed by atoms with van der Waals surface area (Å²) in [5.74, 6) is 1.17. The standard InChI is InChI=1S/C20H37N3O4S.HI/c1-3-21-19(22-15-20(9-10-20)16-28(2,24)25)23-11-7-17(8-12-23)27-14-18-6-4-5-13-26-18;/h17-18H,3-16H2,1-2H3,(H,21,22);1H. The molecule has 0 radical (unpaired) electrons. The van der Waals surface area contributed by atoms with E-state index in [4.69, 9.17) is 14.5 Å². The number of hydrogen-bond donors (Lipinski definition) is 1. The van der Waals surface area contributed by atoms with Crippen molar-refractivity contribution in [3.8, 4) is 0 Å². The number of halogens is 1. The van der Waals surface area contributed by atoms with Gasteiger partial charge in [0.25, 0.3) is 0 Å². The van der Waals surface area contributed by atoms with Gasteiger partial charge in [0.2, 0.25) is 0 Å². The van der Waals surface area contributed by atoms with Crippen molar-refractivity contribution in [3.05, 3.63) is 0 Å². The van der Waals surface area contributed by atoms with Crippen LogP contribution in [0.2, 0.25) is 0 Å². The molecule has 170 valence electrons. The minimum absolute atomic E-state index is 0. The van der Waals surface area contributed by atoms with Gasteiger partial charge in [-0.2, -0.15) is 0 Å². The van der Waals surface area contributed by atoms with Crippen LogP contribution in [0.4, 0.5) is 0 Å². The molecule has 2 aliphatic heterocycles. The van der Waals surface area contributed by atoms with Crippen LogP contribution in [0.3, 0.4) is 0 Å². The van der Waals surface area contributed by atoms with Crippen LogP contribution in [0.5, 0.6) is 0 Å². The van der Waals surface area contributed by atoms with Gasteiger partial charge in [-0.25, -0.2) is 8.42 Å². The van der Waals surface area contributed by atoms with Crippen molar-refractivity contribution in [1.29, 1.82) is 0 Å². The molecule has 2 saturated heterocycles. The molecule has 1 atom stereocenters. The van der Waals surface area contributed by atoms with Crippen molar-refractivity contribution in [2.75, 3.05) is 51.4 Å². The number of aliphatic imine (C=N–C) groups is 1. The highest BCUT2D eigenvalue weighted by molar-refractivity contribution is 14.0. The maximum atomic E-state index is 11.7. The summed E-state index contributed by atoms with van der Waals surface area (Å²) < 4.78 is 35.2. The van der Waals surface area contributed by atoms with Gasteiger partial charge in [0, 0.05) is 44.5 Å². The van der Waals surface area contributed by atoms with Gasteiger partial charge in [-0.15, -0.1) is 24.0 Å². The number of guanidine groups is 1. The summed E-state index contributed by atoms with van der Waals surface area (Å²) in [6.45, 7) is 6.90. The smallest absolute Gasteiger partial charge is 0.193 e. The fourth-order valence-electron chi connectivity index (χ4n) is 4.17. The molecule has 0 amide bonds. The Bertz CT molecular complexity index is 626. The van der Waals surface area contributed by atoms with E-state index in [0.717, 1.165) is 64.3 Å². The van der Waals surface area contributed by atoms with Crippen molar-refractivity contribution in [2.24, 2.45) is 10.4 Å². The van der Waals surface area contributed by atoms with Crippen molar-refractivity contribution < 1.29 is 17.9 Å². The van der Waals surface area contributed by atoms with E-state index >= 15 is 0 Å². The van der Waals surface area contributed by atoms with E-state index in [-0.39, 0.29) is 41.2 Å². The van der Waals surface area contributed by atoms with Crippen LogP contribution in [-0.2, 0) is 19.3 Å². The van der Waals surface area contributed by atoms with E-state index in [1.807, 2.05) is 0 Å². The monoisotopic (exact) mass is 543 g/mol. The maximum Gasteiger partial charge on any atom is 0.193 e. The number of hydrogen-bond acceptors (Lipinski definition) is 5. The van der Waals surface area contributed by atoms with Crippen molar-refractivity contribution in [1.82, 2.24) is 10.2 Å². The first-order valence-corrected chi connectivity index (χ1v) is 12.9. The Morgan fingerprint density at radius 1 is 1.24 bits per heavy atom. The highest BCUT2D eigenvalue weighted by atomic mass is 127. The molecule has 1 N–H and O–H groups in total. The van der Waals surface area contributed by atoms with Crippen LogP contribution in [-0.4, -0.2) is 82.9 Å². The van der Waals surface area contributed by atoms with Gasteiger partial charge in [-0.3, -0.25) is 4.99 Å². The molecular formula is C20H38IN3O4S. The van der Waals surface area contributed by atoms with E-state index in [2.05, 4.69) is 17.1 Å². The van der Waals surface area contributed by atoms with Gasteiger partial charge >= 0.3 is 0 Å². The van der Waals surface area contributed by atoms with Gasteiger partial charge in [0.05, 0.1) is 24.6 Å². The van der Waals surface area contributed by atoms with Gasteiger partial charge in [0.15, 0.2) is 5.96 Å². The number of likely N-dealkylation sites (tertiary alicyclic amines) is 1. The summed E-state index contributed by atoms with van der Waals surface area (Å²) in [5.41, 5.74) is -0.129. The fourth-order valence-corrected chi connectivity index (χ4v) is 5.66. The van der Waals surface area contributed by atoms with Crippen LogP contribution in [0, 0.1) is 5.41 Å². The second-order valence-electron chi connectivity index (χ2n) is 8.75. The Labute approximate surface area is 193 Å². The first-order chi connectivity index (χ1) is 13.4. The third-order valence-electron chi connectivity index (χ3n) is 5.96. The zero-order valence-corrected chi connectivity index (χ0v) is 21.0. The summed E-state index contributed by atoms with van der Waals surface area (Å²) >= 11 is 0. The molecule has 1 aliphatic carbocycles. The third-order valence-corrected chi connectivity index (χ3v) is 7.09. The van der Waals surface area contributed by atoms with Crippen LogP contribution in [0.15, 0.2) is 4.99 Å². The number of sulfone groups is 1. The lowest BCUT2D eigenvalue weighted by Gasteiger charge is -2.35. The molecule has 7 nitrogen and oxygen atoms in total. The first-order valence-electron chi connectivity index (χ1n) is 10.8. The molecule has 1 saturated carbocycles. The second-order valence-corrected chi connectivity index (χ2v) is 10.9. The minimum Gasteiger partial charge on any atom is -0.376 e. The first kappa shape index (κ1) is 25.1. The molecule has 0 aromatic heterocycles. The maximum absolute atomic E-state index is 11.7. The predicted molar refractivity (Wildman–Crippen MR) is 127 cm³/mol. The van der Waals surface area contributed by atoms with E-state index in [0.29, 0.717) is 19.3 Å². The summed E-state index contributed by atoms with van der Waals surface area (Å²) in [5, 5.41) is 3.38. The van der Waals surface area contributed by atoms with Crippen molar-refractivity contribution in [2.45, 2.75) is 64.1 Å². The largest absolute Gasteiger partial charge is 0.376 e. The Kier molecular flexibility index (Phi) is 9.95. The lowest BCUT2D eigenvalue weighted by molar-refractivity contribution is -0.0721. The number of nitrogens with zero attached hydrogens (tertiary/aromatic N) is 2. The molecule has 3 rings (SSSR count). The third kappa shape index (κ3) is 8.49. The quantitative estimate of drug-likeness (QED) is 0.288. The summed E-state index contributed by atoms with van der Waals surface area (Å²) in [6.07, 6.45) is 9.33. The SMILES string of the molecule is CCNC(=NCC1(CS(C)(=O)=O)CC1)N1CCC(OCC2CCCCO2)CC1.I. The molecule has 3 fully saturated rings.